The maximum absolute atomic E-state index is 11.2. The molecule has 0 N–H and O–H groups in total. The first-order chi connectivity index (χ1) is 8.22. The predicted octanol–water partition coefficient (Wildman–Crippen LogP) is 3.39. The summed E-state index contributed by atoms with van der Waals surface area (Å²) in [7, 11) is 0. The van der Waals surface area contributed by atoms with Gasteiger partial charge in [-0.25, -0.2) is 0 Å². The Kier molecular flexibility index (Phi) is 6.17. The minimum Gasteiger partial charge on any atom is -0.466 e. The zero-order chi connectivity index (χ0) is 12.5. The Morgan fingerprint density at radius 2 is 2.35 bits per heavy atom. The molecule has 0 saturated heterocycles. The zero-order valence-corrected chi connectivity index (χ0v) is 10.6. The quantitative estimate of drug-likeness (QED) is 0.422. The SMILES string of the molecule is C=C(CC#CC1=CCCCC1)CC(=O)OCC. The van der Waals surface area contributed by atoms with E-state index in [1.165, 1.54) is 18.4 Å². The number of allylic oxidation sites excluding steroid dienone is 2. The number of carbonyl (C=O) groups excluding carboxylic acids is 1. The van der Waals surface area contributed by atoms with Crippen molar-refractivity contribution >= 4 is 5.97 Å². The van der Waals surface area contributed by atoms with Gasteiger partial charge in [0.1, 0.15) is 0 Å². The summed E-state index contributed by atoms with van der Waals surface area (Å²) in [6.07, 6.45) is 7.83. The van der Waals surface area contributed by atoms with Gasteiger partial charge in [0.15, 0.2) is 0 Å². The molecule has 0 amide bonds. The van der Waals surface area contributed by atoms with E-state index in [1.54, 1.807) is 6.92 Å². The summed E-state index contributed by atoms with van der Waals surface area (Å²) >= 11 is 0. The van der Waals surface area contributed by atoms with Crippen molar-refractivity contribution in [1.29, 1.82) is 0 Å². The number of hydrogen-bond acceptors (Lipinski definition) is 2. The van der Waals surface area contributed by atoms with Crippen LogP contribution < -0.4 is 0 Å². The highest BCUT2D eigenvalue weighted by atomic mass is 16.5. The molecule has 0 saturated carbocycles. The Morgan fingerprint density at radius 3 is 3.00 bits per heavy atom. The normalized spacial score (nSPS) is 14.3. The van der Waals surface area contributed by atoms with Crippen LogP contribution in [0.25, 0.3) is 0 Å². The van der Waals surface area contributed by atoms with Crippen LogP contribution in [0.2, 0.25) is 0 Å². The van der Waals surface area contributed by atoms with Gasteiger partial charge in [0, 0.05) is 6.42 Å². The predicted molar refractivity (Wildman–Crippen MR) is 69.3 cm³/mol. The van der Waals surface area contributed by atoms with E-state index in [4.69, 9.17) is 4.74 Å². The van der Waals surface area contributed by atoms with Crippen LogP contribution in [0.3, 0.4) is 0 Å². The van der Waals surface area contributed by atoms with Gasteiger partial charge in [-0.05, 0) is 38.2 Å². The van der Waals surface area contributed by atoms with Gasteiger partial charge in [0.2, 0.25) is 0 Å². The number of hydrogen-bond donors (Lipinski definition) is 0. The van der Waals surface area contributed by atoms with E-state index in [2.05, 4.69) is 24.5 Å². The Hall–Kier alpha value is -1.49. The van der Waals surface area contributed by atoms with Crippen molar-refractivity contribution < 1.29 is 9.53 Å². The summed E-state index contributed by atoms with van der Waals surface area (Å²) in [5.41, 5.74) is 2.06. The molecule has 2 heteroatoms. The van der Waals surface area contributed by atoms with E-state index in [0.717, 1.165) is 18.4 Å². The van der Waals surface area contributed by atoms with E-state index in [0.29, 0.717) is 13.0 Å². The Balaban J connectivity index is 2.30. The van der Waals surface area contributed by atoms with Crippen LogP contribution >= 0.6 is 0 Å². The number of rotatable bonds is 4. The number of carbonyl (C=O) groups is 1. The van der Waals surface area contributed by atoms with Crippen LogP contribution in [0.5, 0.6) is 0 Å². The van der Waals surface area contributed by atoms with Crippen molar-refractivity contribution in [3.05, 3.63) is 23.8 Å². The number of esters is 1. The average molecular weight is 232 g/mol. The largest absolute Gasteiger partial charge is 0.466 e. The molecular formula is C15H20O2. The molecular weight excluding hydrogens is 212 g/mol. The van der Waals surface area contributed by atoms with Gasteiger partial charge in [-0.15, -0.1) is 0 Å². The van der Waals surface area contributed by atoms with E-state index in [9.17, 15) is 4.79 Å². The number of ether oxygens (including phenoxy) is 1. The second-order valence-corrected chi connectivity index (χ2v) is 4.19. The maximum Gasteiger partial charge on any atom is 0.309 e. The van der Waals surface area contributed by atoms with Gasteiger partial charge in [-0.3, -0.25) is 4.79 Å². The molecule has 0 atom stereocenters. The summed E-state index contributed by atoms with van der Waals surface area (Å²) in [6, 6.07) is 0. The van der Waals surface area contributed by atoms with Crippen molar-refractivity contribution in [2.24, 2.45) is 0 Å². The monoisotopic (exact) mass is 232 g/mol. The summed E-state index contributed by atoms with van der Waals surface area (Å²) in [5, 5.41) is 0. The third-order valence-corrected chi connectivity index (χ3v) is 2.58. The molecule has 0 bridgehead atoms. The molecule has 0 radical (unpaired) electrons. The summed E-state index contributed by atoms with van der Waals surface area (Å²) in [5.74, 6) is 6.02. The van der Waals surface area contributed by atoms with Crippen LogP contribution in [0.4, 0.5) is 0 Å². The highest BCUT2D eigenvalue weighted by molar-refractivity contribution is 5.72. The molecule has 92 valence electrons. The molecule has 1 aliphatic rings. The third kappa shape index (κ3) is 5.97. The van der Waals surface area contributed by atoms with E-state index < -0.39 is 0 Å². The lowest BCUT2D eigenvalue weighted by Crippen LogP contribution is -2.04. The van der Waals surface area contributed by atoms with Crippen molar-refractivity contribution in [2.75, 3.05) is 6.61 Å². The first kappa shape index (κ1) is 13.6. The smallest absolute Gasteiger partial charge is 0.309 e. The highest BCUT2D eigenvalue weighted by Crippen LogP contribution is 2.16. The van der Waals surface area contributed by atoms with Crippen LogP contribution in [0.1, 0.15) is 45.4 Å². The van der Waals surface area contributed by atoms with Crippen LogP contribution in [0, 0.1) is 11.8 Å². The van der Waals surface area contributed by atoms with Crippen LogP contribution in [-0.2, 0) is 9.53 Å². The van der Waals surface area contributed by atoms with Crippen molar-refractivity contribution in [1.82, 2.24) is 0 Å². The molecule has 0 heterocycles. The first-order valence-corrected chi connectivity index (χ1v) is 6.22. The van der Waals surface area contributed by atoms with Crippen molar-refractivity contribution in [2.45, 2.75) is 45.4 Å². The summed E-state index contributed by atoms with van der Waals surface area (Å²) in [6.45, 7) is 6.06. The third-order valence-electron chi connectivity index (χ3n) is 2.58. The van der Waals surface area contributed by atoms with Crippen molar-refractivity contribution in [3.8, 4) is 11.8 Å². The minimum atomic E-state index is -0.212. The van der Waals surface area contributed by atoms with Gasteiger partial charge in [0.25, 0.3) is 0 Å². The molecule has 0 aromatic heterocycles. The van der Waals surface area contributed by atoms with Gasteiger partial charge in [-0.1, -0.05) is 30.1 Å². The lowest BCUT2D eigenvalue weighted by molar-refractivity contribution is -0.142. The van der Waals surface area contributed by atoms with E-state index in [-0.39, 0.29) is 12.4 Å². The van der Waals surface area contributed by atoms with Crippen LogP contribution in [-0.4, -0.2) is 12.6 Å². The van der Waals surface area contributed by atoms with E-state index >= 15 is 0 Å². The molecule has 0 aliphatic heterocycles. The summed E-state index contributed by atoms with van der Waals surface area (Å²) < 4.78 is 4.85. The lowest BCUT2D eigenvalue weighted by Gasteiger charge is -2.05. The van der Waals surface area contributed by atoms with Gasteiger partial charge in [-0.2, -0.15) is 0 Å². The fraction of sp³-hybridized carbons (Fsp3) is 0.533. The van der Waals surface area contributed by atoms with Crippen LogP contribution in [0.15, 0.2) is 23.8 Å². The van der Waals surface area contributed by atoms with Gasteiger partial charge >= 0.3 is 5.97 Å². The molecule has 1 rings (SSSR count). The molecule has 0 fully saturated rings. The average Bonchev–Trinajstić information content (AvgIpc) is 2.30. The topological polar surface area (TPSA) is 26.3 Å². The van der Waals surface area contributed by atoms with Gasteiger partial charge in [0.05, 0.1) is 13.0 Å². The minimum absolute atomic E-state index is 0.212. The molecule has 2 nitrogen and oxygen atoms in total. The van der Waals surface area contributed by atoms with Crippen molar-refractivity contribution in [3.63, 3.8) is 0 Å². The molecule has 0 spiro atoms. The standard InChI is InChI=1S/C15H20O2/c1-3-17-15(16)12-13(2)8-7-11-14-9-5-4-6-10-14/h9H,2-6,8,10,12H2,1H3. The second kappa shape index (κ2) is 7.73. The molecule has 17 heavy (non-hydrogen) atoms. The Labute approximate surface area is 104 Å². The molecule has 0 aromatic carbocycles. The Bertz CT molecular complexity index is 366. The summed E-state index contributed by atoms with van der Waals surface area (Å²) in [4.78, 5) is 11.2. The first-order valence-electron chi connectivity index (χ1n) is 6.22. The zero-order valence-electron chi connectivity index (χ0n) is 10.6. The van der Waals surface area contributed by atoms with E-state index in [1.807, 2.05) is 0 Å². The molecule has 1 aliphatic carbocycles. The highest BCUT2D eigenvalue weighted by Gasteiger charge is 2.03. The Morgan fingerprint density at radius 1 is 1.53 bits per heavy atom. The molecule has 0 aromatic rings. The molecule has 0 unspecified atom stereocenters. The maximum atomic E-state index is 11.2. The fourth-order valence-corrected chi connectivity index (χ4v) is 1.71. The second-order valence-electron chi connectivity index (χ2n) is 4.19. The lowest BCUT2D eigenvalue weighted by atomic mass is 10.00. The fourth-order valence-electron chi connectivity index (χ4n) is 1.71. The van der Waals surface area contributed by atoms with Gasteiger partial charge < -0.3 is 4.74 Å².